The largest absolute Gasteiger partial charge is 0.401 e. The molecule has 1 amide bonds. The van der Waals surface area contributed by atoms with Crippen molar-refractivity contribution in [2.45, 2.75) is 25.1 Å². The van der Waals surface area contributed by atoms with Crippen LogP contribution < -0.4 is 10.6 Å². The Balaban J connectivity index is 4.08. The zero-order valence-corrected chi connectivity index (χ0v) is 9.47. The molecule has 0 bridgehead atoms. The van der Waals surface area contributed by atoms with E-state index in [1.807, 2.05) is 5.32 Å². The van der Waals surface area contributed by atoms with E-state index in [0.29, 0.717) is 0 Å². The summed E-state index contributed by atoms with van der Waals surface area (Å²) in [6.07, 6.45) is -4.11. The standard InChI is InChI=1S/C9H17F3N2O3/c1-2-8(5-15,6-16)14-7(17)3-13-4-9(10,11)12/h13,15-16H,2-6H2,1H3,(H,14,17). The van der Waals surface area contributed by atoms with E-state index in [-0.39, 0.29) is 6.42 Å². The number of hydrogen-bond donors (Lipinski definition) is 4. The lowest BCUT2D eigenvalue weighted by Gasteiger charge is -2.29. The van der Waals surface area contributed by atoms with Crippen molar-refractivity contribution in [3.05, 3.63) is 0 Å². The summed E-state index contributed by atoms with van der Waals surface area (Å²) in [6.45, 7) is -1.12. The van der Waals surface area contributed by atoms with Gasteiger partial charge < -0.3 is 20.8 Å². The van der Waals surface area contributed by atoms with E-state index in [9.17, 15) is 18.0 Å². The van der Waals surface area contributed by atoms with Crippen molar-refractivity contribution in [2.24, 2.45) is 0 Å². The second-order valence-electron chi connectivity index (χ2n) is 3.72. The van der Waals surface area contributed by atoms with E-state index in [1.54, 1.807) is 6.92 Å². The maximum atomic E-state index is 11.8. The molecule has 17 heavy (non-hydrogen) atoms. The molecule has 0 spiro atoms. The number of aliphatic hydroxyl groups excluding tert-OH is 2. The van der Waals surface area contributed by atoms with Gasteiger partial charge in [0.15, 0.2) is 0 Å². The number of halogens is 3. The molecule has 8 heteroatoms. The van der Waals surface area contributed by atoms with Gasteiger partial charge in [-0.15, -0.1) is 0 Å². The highest BCUT2D eigenvalue weighted by molar-refractivity contribution is 5.78. The van der Waals surface area contributed by atoms with Crippen molar-refractivity contribution in [1.29, 1.82) is 0 Å². The Morgan fingerprint density at radius 2 is 1.76 bits per heavy atom. The first-order valence-electron chi connectivity index (χ1n) is 5.09. The van der Waals surface area contributed by atoms with Crippen LogP contribution >= 0.6 is 0 Å². The van der Waals surface area contributed by atoms with E-state index in [1.165, 1.54) is 0 Å². The fourth-order valence-corrected chi connectivity index (χ4v) is 1.10. The van der Waals surface area contributed by atoms with E-state index < -0.39 is 43.9 Å². The highest BCUT2D eigenvalue weighted by Gasteiger charge is 2.30. The van der Waals surface area contributed by atoms with Crippen LogP contribution in [0.3, 0.4) is 0 Å². The van der Waals surface area contributed by atoms with E-state index in [4.69, 9.17) is 10.2 Å². The van der Waals surface area contributed by atoms with Crippen LogP contribution in [0.25, 0.3) is 0 Å². The zero-order chi connectivity index (χ0) is 13.5. The summed E-state index contributed by atoms with van der Waals surface area (Å²) in [5.74, 6) is -0.709. The monoisotopic (exact) mass is 258 g/mol. The summed E-state index contributed by atoms with van der Waals surface area (Å²) >= 11 is 0. The molecule has 0 heterocycles. The minimum Gasteiger partial charge on any atom is -0.394 e. The topological polar surface area (TPSA) is 81.6 Å². The maximum Gasteiger partial charge on any atom is 0.401 e. The second-order valence-corrected chi connectivity index (χ2v) is 3.72. The highest BCUT2D eigenvalue weighted by atomic mass is 19.4. The average Bonchev–Trinajstić information content (AvgIpc) is 2.24. The SMILES string of the molecule is CCC(CO)(CO)NC(=O)CNCC(F)(F)F. The lowest BCUT2D eigenvalue weighted by atomic mass is 9.98. The summed E-state index contributed by atoms with van der Waals surface area (Å²) < 4.78 is 35.3. The molecule has 4 N–H and O–H groups in total. The van der Waals surface area contributed by atoms with Crippen molar-refractivity contribution in [1.82, 2.24) is 10.6 Å². The molecule has 102 valence electrons. The summed E-state index contributed by atoms with van der Waals surface area (Å²) in [5, 5.41) is 22.2. The van der Waals surface area contributed by atoms with Crippen LogP contribution in [-0.4, -0.2) is 54.1 Å². The van der Waals surface area contributed by atoms with Crippen LogP contribution in [0.2, 0.25) is 0 Å². The Morgan fingerprint density at radius 1 is 1.24 bits per heavy atom. The van der Waals surface area contributed by atoms with Gasteiger partial charge in [0.2, 0.25) is 5.91 Å². The fourth-order valence-electron chi connectivity index (χ4n) is 1.10. The molecule has 0 saturated carbocycles. The predicted molar refractivity (Wildman–Crippen MR) is 54.3 cm³/mol. The van der Waals surface area contributed by atoms with Crippen molar-refractivity contribution in [2.75, 3.05) is 26.3 Å². The number of amides is 1. The smallest absolute Gasteiger partial charge is 0.394 e. The van der Waals surface area contributed by atoms with Crippen LogP contribution in [0.1, 0.15) is 13.3 Å². The van der Waals surface area contributed by atoms with Gasteiger partial charge in [-0.3, -0.25) is 4.79 Å². The molecule has 5 nitrogen and oxygen atoms in total. The molecule has 0 fully saturated rings. The number of nitrogens with one attached hydrogen (secondary N) is 2. The Labute approximate surface area is 97.0 Å². The lowest BCUT2D eigenvalue weighted by molar-refractivity contribution is -0.130. The van der Waals surface area contributed by atoms with Crippen molar-refractivity contribution in [3.63, 3.8) is 0 Å². The minimum absolute atomic E-state index is 0.269. The van der Waals surface area contributed by atoms with Gasteiger partial charge >= 0.3 is 6.18 Å². The molecule has 0 saturated heterocycles. The van der Waals surface area contributed by atoms with Crippen molar-refractivity contribution in [3.8, 4) is 0 Å². The Hall–Kier alpha value is -0.860. The van der Waals surface area contributed by atoms with E-state index in [2.05, 4.69) is 5.32 Å². The Morgan fingerprint density at radius 3 is 2.12 bits per heavy atom. The highest BCUT2D eigenvalue weighted by Crippen LogP contribution is 2.12. The summed E-state index contributed by atoms with van der Waals surface area (Å²) in [6, 6.07) is 0. The number of carbonyl (C=O) groups is 1. The Kier molecular flexibility index (Phi) is 6.43. The first-order valence-corrected chi connectivity index (χ1v) is 5.09. The van der Waals surface area contributed by atoms with Gasteiger partial charge in [-0.25, -0.2) is 0 Å². The predicted octanol–water partition coefficient (Wildman–Crippen LogP) is -0.612. The average molecular weight is 258 g/mol. The molecule has 0 atom stereocenters. The van der Waals surface area contributed by atoms with Crippen LogP contribution in [0.5, 0.6) is 0 Å². The Bertz CT molecular complexity index is 234. The van der Waals surface area contributed by atoms with Gasteiger partial charge in [0, 0.05) is 0 Å². The quantitative estimate of drug-likeness (QED) is 0.491. The number of hydrogen-bond acceptors (Lipinski definition) is 4. The third-order valence-corrected chi connectivity index (χ3v) is 2.30. The maximum absolute atomic E-state index is 11.8. The lowest BCUT2D eigenvalue weighted by Crippen LogP contribution is -2.55. The first-order chi connectivity index (χ1) is 7.78. The molecule has 0 radical (unpaired) electrons. The zero-order valence-electron chi connectivity index (χ0n) is 9.47. The molecule has 0 aromatic heterocycles. The number of rotatable bonds is 7. The first kappa shape index (κ1) is 16.1. The van der Waals surface area contributed by atoms with Crippen LogP contribution in [0, 0.1) is 0 Å². The minimum atomic E-state index is -4.38. The van der Waals surface area contributed by atoms with E-state index in [0.717, 1.165) is 0 Å². The molecule has 0 rings (SSSR count). The fraction of sp³-hybridized carbons (Fsp3) is 0.889. The van der Waals surface area contributed by atoms with Crippen molar-refractivity contribution < 1.29 is 28.2 Å². The van der Waals surface area contributed by atoms with Crippen LogP contribution in [0.15, 0.2) is 0 Å². The molecular formula is C9H17F3N2O3. The summed E-state index contributed by atoms with van der Waals surface area (Å²) in [5.41, 5.74) is -1.18. The van der Waals surface area contributed by atoms with Gasteiger partial charge in [-0.2, -0.15) is 13.2 Å². The van der Waals surface area contributed by atoms with Gasteiger partial charge in [-0.05, 0) is 6.42 Å². The van der Waals surface area contributed by atoms with Gasteiger partial charge in [-0.1, -0.05) is 6.92 Å². The third-order valence-electron chi connectivity index (χ3n) is 2.30. The molecule has 0 aliphatic rings. The van der Waals surface area contributed by atoms with Crippen LogP contribution in [-0.2, 0) is 4.79 Å². The van der Waals surface area contributed by atoms with Gasteiger partial charge in [0.05, 0.1) is 31.8 Å². The van der Waals surface area contributed by atoms with Crippen LogP contribution in [0.4, 0.5) is 13.2 Å². The normalized spacial score (nSPS) is 12.6. The summed E-state index contributed by atoms with van der Waals surface area (Å²) in [4.78, 5) is 11.3. The number of aliphatic hydroxyl groups is 2. The van der Waals surface area contributed by atoms with Gasteiger partial charge in [0.25, 0.3) is 0 Å². The van der Waals surface area contributed by atoms with Crippen molar-refractivity contribution >= 4 is 5.91 Å². The second kappa shape index (κ2) is 6.77. The molecular weight excluding hydrogens is 241 g/mol. The molecule has 0 unspecified atom stereocenters. The number of alkyl halides is 3. The molecule has 0 aromatic rings. The molecule has 0 aromatic carbocycles. The third kappa shape index (κ3) is 6.44. The molecule has 0 aliphatic carbocycles. The number of carbonyl (C=O) groups excluding carboxylic acids is 1. The van der Waals surface area contributed by atoms with E-state index >= 15 is 0 Å². The van der Waals surface area contributed by atoms with Gasteiger partial charge in [0.1, 0.15) is 0 Å². The molecule has 0 aliphatic heterocycles. The summed E-state index contributed by atoms with van der Waals surface area (Å²) in [7, 11) is 0.